The quantitative estimate of drug-likeness (QED) is 0.0671. The fraction of sp³-hybridized carbons (Fsp3) is 0. The molecule has 18 heterocycles. The number of fused-ring (bicyclic) bond motifs is 9. The van der Waals surface area contributed by atoms with Crippen LogP contribution in [0.25, 0.3) is 93.4 Å². The first-order valence-electron chi connectivity index (χ1n) is 32.5. The number of aromatic nitrogens is 30. The SMILES string of the molecule is c1c[nH]cn1.c1cc[nH]c1.c1ccc2[nH]ccc2c1.c1ccc2[nH]cnc2c1.c1ccc2[nH]ncc2c1.c1ccc2c[nH]cc2c1.c1ccc2n[nH]nc2c1.c1ccn2cccc2c1.c1cn[nH]c1.c1cn[nH]n1.c1cnc2[nH]ccc2c1.c1nc[nH]n1.c1ncc2[nH]cnc2n1.c1ncc2cc[nH]c2n1. The van der Waals surface area contributed by atoms with Gasteiger partial charge in [-0.25, -0.2) is 44.9 Å². The predicted octanol–water partition coefficient (Wildman–Crippen LogP) is 14.7. The third kappa shape index (κ3) is 25.4. The number of imidazole rings is 3. The van der Waals surface area contributed by atoms with Crippen LogP contribution in [0.1, 0.15) is 0 Å². The molecule has 0 aliphatic carbocycles. The molecule has 0 unspecified atom stereocenters. The molecule has 5 aromatic carbocycles. The van der Waals surface area contributed by atoms with Crippen molar-refractivity contribution in [2.45, 2.75) is 0 Å². The fourth-order valence-corrected chi connectivity index (χ4v) is 8.93. The predicted molar refractivity (Wildman–Crippen MR) is 412 cm³/mol. The van der Waals surface area contributed by atoms with Gasteiger partial charge in [0, 0.05) is 120 Å². The third-order valence-electron chi connectivity index (χ3n) is 13.9. The summed E-state index contributed by atoms with van der Waals surface area (Å²) in [6.45, 7) is 0. The van der Waals surface area contributed by atoms with Crippen LogP contribution in [-0.2, 0) is 0 Å². The summed E-state index contributed by atoms with van der Waals surface area (Å²) >= 11 is 0. The van der Waals surface area contributed by atoms with E-state index < -0.39 is 0 Å². The Morgan fingerprint density at radius 2 is 0.925 bits per heavy atom. The van der Waals surface area contributed by atoms with Gasteiger partial charge in [-0.3, -0.25) is 15.3 Å². The topological polar surface area (TPSA) is 416 Å². The minimum absolute atomic E-state index is 0.713. The summed E-state index contributed by atoms with van der Waals surface area (Å²) in [7, 11) is 0. The van der Waals surface area contributed by atoms with Gasteiger partial charge < -0.3 is 44.3 Å². The van der Waals surface area contributed by atoms with Gasteiger partial charge in [0.1, 0.15) is 53.2 Å². The van der Waals surface area contributed by atoms with E-state index in [2.05, 4.69) is 193 Å². The van der Waals surface area contributed by atoms with Gasteiger partial charge in [-0.1, -0.05) is 91.0 Å². The first kappa shape index (κ1) is 72.9. The minimum Gasteiger partial charge on any atom is -0.368 e. The summed E-state index contributed by atoms with van der Waals surface area (Å²) in [4.78, 5) is 58.4. The van der Waals surface area contributed by atoms with Crippen LogP contribution in [0, 0.1) is 0 Å². The van der Waals surface area contributed by atoms with Gasteiger partial charge in [0.05, 0.1) is 60.3 Å². The maximum Gasteiger partial charge on any atom is 0.180 e. The van der Waals surface area contributed by atoms with Crippen molar-refractivity contribution in [1.29, 1.82) is 0 Å². The molecule has 0 saturated heterocycles. The zero-order valence-corrected chi connectivity index (χ0v) is 56.7. The first-order valence-corrected chi connectivity index (χ1v) is 32.5. The highest BCUT2D eigenvalue weighted by Gasteiger charge is 1.95. The Morgan fingerprint density at radius 1 is 0.283 bits per heavy atom. The van der Waals surface area contributed by atoms with E-state index >= 15 is 0 Å². The molecule has 0 atom stereocenters. The van der Waals surface area contributed by atoms with Gasteiger partial charge in [0.15, 0.2) is 5.65 Å². The van der Waals surface area contributed by atoms with Crippen molar-refractivity contribution in [3.63, 3.8) is 0 Å². The van der Waals surface area contributed by atoms with Crippen molar-refractivity contribution in [2.24, 2.45) is 0 Å². The van der Waals surface area contributed by atoms with Crippen LogP contribution < -0.4 is 0 Å². The van der Waals surface area contributed by atoms with E-state index in [0.29, 0.717) is 5.65 Å². The number of nitrogens with zero attached hydrogens (tertiary/aromatic N) is 17. The monoisotopic (exact) mass is 1400 g/mol. The van der Waals surface area contributed by atoms with E-state index in [1.54, 1.807) is 74.8 Å². The number of pyridine rings is 2. The summed E-state index contributed by atoms with van der Waals surface area (Å²) in [5.74, 6) is 0. The minimum atomic E-state index is 0.713. The highest BCUT2D eigenvalue weighted by atomic mass is 15.3. The molecule has 23 rings (SSSR count). The van der Waals surface area contributed by atoms with Crippen molar-refractivity contribution < 1.29 is 0 Å². The molecule has 18 aromatic heterocycles. The standard InChI is InChI=1S/3C8H7N.3C7H6N2.2C6H5N3.C5H4N4.C4H5N.2C3H4N2.2C2H3N3/c1-2-6-9-7-3-5-8(9)4-1;1-2-4-8-6-9-5-7(8)3-1;1-2-4-8-7(3-1)5-6-9-8;1-2-6-3-5-9-7(6)8-4-1;1-2-4-7-6(3-1)8-5-9-7;1-2-4-7-6(3-1)5-8-9-7;1-2-8-6-5(1)3-7-4-9-6;1-2-4-6-5(3-1)7-9-8-6;1-4-5(8-2-6-1)9-3-7-4;1-2-4-5-3-1;1-2-5-3-4-1;1-2-4-5-3-1;1-3-2-5-4-1;1-2-4-5-3-1/h1-7H;2*1-6,9H;3*1-5H,(H,8,9);2*1-4H,(H,7,8,9);1-3H,(H,6,7,8,9);1-5H;2*1-3H,(H,4,5);2*1-2H,(H,3,4,5). The normalized spacial score (nSPS) is 9.70. The van der Waals surface area contributed by atoms with E-state index in [9.17, 15) is 0 Å². The van der Waals surface area contributed by atoms with Crippen LogP contribution in [0.5, 0.6) is 0 Å². The lowest BCUT2D eigenvalue weighted by Crippen LogP contribution is -1.76. The van der Waals surface area contributed by atoms with Gasteiger partial charge in [-0.2, -0.15) is 46.1 Å². The van der Waals surface area contributed by atoms with Gasteiger partial charge in [0.25, 0.3) is 0 Å². The first-order chi connectivity index (χ1) is 52.7. The maximum absolute atomic E-state index is 4.09. The lowest BCUT2D eigenvalue weighted by Gasteiger charge is -1.88. The second kappa shape index (κ2) is 43.5. The second-order valence-electron chi connectivity index (χ2n) is 21.0. The third-order valence-corrected chi connectivity index (χ3v) is 13.9. The summed E-state index contributed by atoms with van der Waals surface area (Å²) in [6.07, 6.45) is 45.5. The van der Waals surface area contributed by atoms with E-state index in [4.69, 9.17) is 0 Å². The van der Waals surface area contributed by atoms with Crippen LogP contribution >= 0.6 is 0 Å². The average Bonchev–Trinajstić information content (AvgIpc) is 1.90. The van der Waals surface area contributed by atoms with Crippen LogP contribution in [-0.4, -0.2) is 151 Å². The Bertz CT molecular complexity index is 4430. The molecule has 0 aliphatic heterocycles. The van der Waals surface area contributed by atoms with Crippen molar-refractivity contribution in [3.8, 4) is 0 Å². The molecule has 30 nitrogen and oxygen atoms in total. The van der Waals surface area contributed by atoms with Crippen molar-refractivity contribution >= 4 is 93.4 Å². The van der Waals surface area contributed by atoms with Gasteiger partial charge >= 0.3 is 0 Å². The van der Waals surface area contributed by atoms with Crippen molar-refractivity contribution in [2.75, 3.05) is 0 Å². The molecule has 0 bridgehead atoms. The smallest absolute Gasteiger partial charge is 0.180 e. The molecule has 0 saturated carbocycles. The number of benzene rings is 5. The fourth-order valence-electron chi connectivity index (χ4n) is 8.93. The summed E-state index contributed by atoms with van der Waals surface area (Å²) in [6, 6.07) is 66.1. The van der Waals surface area contributed by atoms with Crippen molar-refractivity contribution in [3.05, 3.63) is 362 Å². The molecular weight excluding hydrogens is 1330 g/mol. The lowest BCUT2D eigenvalue weighted by atomic mass is 10.2. The van der Waals surface area contributed by atoms with Crippen LogP contribution in [0.3, 0.4) is 0 Å². The second-order valence-corrected chi connectivity index (χ2v) is 21.0. The summed E-state index contributed by atoms with van der Waals surface area (Å²) in [5, 5.41) is 45.8. The van der Waals surface area contributed by atoms with E-state index in [1.807, 2.05) is 220 Å². The molecule has 0 aliphatic rings. The molecule has 526 valence electrons. The molecule has 0 radical (unpaired) electrons. The number of hydrogen-bond donors (Lipinski definition) is 13. The molecular formula is C76H72N30. The molecule has 0 fully saturated rings. The number of nitrogens with one attached hydrogen (secondary N) is 13. The Morgan fingerprint density at radius 3 is 1.53 bits per heavy atom. The molecule has 0 spiro atoms. The Kier molecular flexibility index (Phi) is 29.9. The highest BCUT2D eigenvalue weighted by Crippen LogP contribution is 2.13. The molecule has 13 N–H and O–H groups in total. The number of hydrogen-bond acceptors (Lipinski definition) is 16. The zero-order valence-electron chi connectivity index (χ0n) is 56.7. The summed E-state index contributed by atoms with van der Waals surface area (Å²) in [5.41, 5.74) is 10.9. The maximum atomic E-state index is 4.09. The van der Waals surface area contributed by atoms with E-state index in [-0.39, 0.29) is 0 Å². The molecule has 106 heavy (non-hydrogen) atoms. The van der Waals surface area contributed by atoms with Crippen LogP contribution in [0.15, 0.2) is 362 Å². The Balaban J connectivity index is 0.000000123. The highest BCUT2D eigenvalue weighted by molar-refractivity contribution is 5.82. The number of para-hydroxylation sites is 6. The lowest BCUT2D eigenvalue weighted by molar-refractivity contribution is 0.940. The number of aromatic amines is 13. The van der Waals surface area contributed by atoms with Crippen LogP contribution in [0.2, 0.25) is 0 Å². The van der Waals surface area contributed by atoms with Gasteiger partial charge in [-0.05, 0) is 125 Å². The zero-order chi connectivity index (χ0) is 72.6. The van der Waals surface area contributed by atoms with Gasteiger partial charge in [0.2, 0.25) is 0 Å². The Hall–Kier alpha value is -15.9. The Labute approximate surface area is 603 Å². The van der Waals surface area contributed by atoms with E-state index in [1.165, 1.54) is 52.5 Å². The molecule has 30 heteroatoms. The van der Waals surface area contributed by atoms with Crippen LogP contribution in [0.4, 0.5) is 0 Å². The number of H-pyrrole nitrogens is 13. The van der Waals surface area contributed by atoms with E-state index in [0.717, 1.165) is 60.6 Å². The van der Waals surface area contributed by atoms with Gasteiger partial charge in [-0.15, -0.1) is 0 Å². The largest absolute Gasteiger partial charge is 0.368 e. The average molecular weight is 1410 g/mol. The molecule has 23 aromatic rings. The summed E-state index contributed by atoms with van der Waals surface area (Å²) < 4.78 is 2.08. The number of rotatable bonds is 0. The van der Waals surface area contributed by atoms with Crippen molar-refractivity contribution in [1.82, 2.24) is 151 Å². The molecule has 0 amide bonds.